The number of rotatable bonds is 13. The molecule has 1 amide bonds. The molecule has 0 spiro atoms. The normalized spacial score (nSPS) is 16.1. The molecule has 1 saturated carbocycles. The van der Waals surface area contributed by atoms with E-state index in [1.807, 2.05) is 24.3 Å². The highest BCUT2D eigenvalue weighted by atomic mass is 28.4. The Morgan fingerprint density at radius 1 is 1.13 bits per heavy atom. The minimum atomic E-state index is -2.08. The fourth-order valence-corrected chi connectivity index (χ4v) is 5.78. The molecule has 0 bridgehead atoms. The van der Waals surface area contributed by atoms with E-state index in [1.165, 1.54) is 24.8 Å². The van der Waals surface area contributed by atoms with Crippen LogP contribution < -0.4 is 10.6 Å². The second-order valence-corrected chi connectivity index (χ2v) is 17.3. The van der Waals surface area contributed by atoms with Gasteiger partial charge in [-0.25, -0.2) is 0 Å². The molecule has 1 fully saturated rings. The summed E-state index contributed by atoms with van der Waals surface area (Å²) >= 11 is 0. The number of nitrogens with one attached hydrogen (secondary N) is 2. The van der Waals surface area contributed by atoms with Crippen LogP contribution in [0.4, 0.5) is 0 Å². The van der Waals surface area contributed by atoms with E-state index in [0.29, 0.717) is 24.4 Å². The second-order valence-electron chi connectivity index (χ2n) is 12.5. The molecule has 7 heteroatoms. The number of aliphatic hydroxyl groups is 1. The summed E-state index contributed by atoms with van der Waals surface area (Å²) in [6.07, 6.45) is 4.81. The third-order valence-electron chi connectivity index (χ3n) is 8.25. The van der Waals surface area contributed by atoms with Crippen LogP contribution in [0.25, 0.3) is 0 Å². The lowest BCUT2D eigenvalue weighted by atomic mass is 9.85. The first-order valence-corrected chi connectivity index (χ1v) is 17.0. The third-order valence-corrected chi connectivity index (χ3v) is 12.7. The molecule has 1 aliphatic rings. The van der Waals surface area contributed by atoms with Gasteiger partial charge in [-0.05, 0) is 79.1 Å². The standard InChI is InChI=1S/C31H48N2O4Si/c1-22(15-24-11-8-12-25(16-24)17-30(36)33-19-23-9-7-10-23)32-20-29(37-38(5,6)31(2,3)4)26-13-14-28(35)27(18-26)21-34/h8,11-14,16,18,22-23,29,32,34-35H,7,9-10,15,17,19-21H2,1-6H3,(H,33,36)/t22-,29+/m1/s1. The van der Waals surface area contributed by atoms with Crippen LogP contribution in [0.15, 0.2) is 42.5 Å². The van der Waals surface area contributed by atoms with E-state index in [4.69, 9.17) is 4.43 Å². The van der Waals surface area contributed by atoms with E-state index < -0.39 is 8.32 Å². The van der Waals surface area contributed by atoms with E-state index in [1.54, 1.807) is 6.07 Å². The minimum Gasteiger partial charge on any atom is -0.508 e. The van der Waals surface area contributed by atoms with Crippen molar-refractivity contribution in [1.82, 2.24) is 10.6 Å². The summed E-state index contributed by atoms with van der Waals surface area (Å²) in [7, 11) is -2.08. The van der Waals surface area contributed by atoms with Crippen LogP contribution in [0.2, 0.25) is 18.1 Å². The molecular weight excluding hydrogens is 492 g/mol. The number of amides is 1. The lowest BCUT2D eigenvalue weighted by Crippen LogP contribution is -2.44. The lowest BCUT2D eigenvalue weighted by Gasteiger charge is -2.40. The van der Waals surface area contributed by atoms with Gasteiger partial charge in [0.05, 0.1) is 19.1 Å². The van der Waals surface area contributed by atoms with E-state index in [2.05, 4.69) is 63.6 Å². The van der Waals surface area contributed by atoms with Crippen LogP contribution in [-0.2, 0) is 28.7 Å². The Balaban J connectivity index is 1.62. The van der Waals surface area contributed by atoms with Crippen molar-refractivity contribution in [3.05, 3.63) is 64.7 Å². The Labute approximate surface area is 230 Å². The molecule has 4 N–H and O–H groups in total. The summed E-state index contributed by atoms with van der Waals surface area (Å²) in [5, 5.41) is 26.6. The Kier molecular flexibility index (Phi) is 10.6. The number of hydrogen-bond donors (Lipinski definition) is 4. The van der Waals surface area contributed by atoms with Crippen LogP contribution in [0.3, 0.4) is 0 Å². The molecule has 0 aromatic heterocycles. The van der Waals surface area contributed by atoms with E-state index >= 15 is 0 Å². The fraction of sp³-hybridized carbons (Fsp3) is 0.581. The van der Waals surface area contributed by atoms with Crippen molar-refractivity contribution in [3.8, 4) is 5.75 Å². The minimum absolute atomic E-state index is 0.0538. The zero-order valence-electron chi connectivity index (χ0n) is 24.1. The first-order valence-electron chi connectivity index (χ1n) is 14.1. The Hall–Kier alpha value is -2.19. The molecule has 2 aromatic rings. The first kappa shape index (κ1) is 30.3. The number of aromatic hydroxyl groups is 1. The number of hydrogen-bond acceptors (Lipinski definition) is 5. The number of aliphatic hydroxyl groups excluding tert-OH is 1. The van der Waals surface area contributed by atoms with Crippen LogP contribution in [-0.4, -0.2) is 43.6 Å². The number of carbonyl (C=O) groups excluding carboxylic acids is 1. The second kappa shape index (κ2) is 13.2. The van der Waals surface area contributed by atoms with Crippen LogP contribution in [0, 0.1) is 5.92 Å². The molecule has 0 radical (unpaired) electrons. The number of benzene rings is 2. The van der Waals surface area contributed by atoms with Crippen molar-refractivity contribution in [2.24, 2.45) is 5.92 Å². The predicted octanol–water partition coefficient (Wildman–Crippen LogP) is 5.63. The van der Waals surface area contributed by atoms with Gasteiger partial charge in [0.1, 0.15) is 5.75 Å². The summed E-state index contributed by atoms with van der Waals surface area (Å²) in [6, 6.07) is 13.9. The van der Waals surface area contributed by atoms with E-state index in [0.717, 1.165) is 24.1 Å². The van der Waals surface area contributed by atoms with Gasteiger partial charge in [-0.2, -0.15) is 0 Å². The average Bonchev–Trinajstić information content (AvgIpc) is 2.80. The van der Waals surface area contributed by atoms with Gasteiger partial charge >= 0.3 is 0 Å². The van der Waals surface area contributed by atoms with Gasteiger partial charge in [-0.3, -0.25) is 4.79 Å². The molecule has 2 atom stereocenters. The zero-order valence-corrected chi connectivity index (χ0v) is 25.1. The monoisotopic (exact) mass is 540 g/mol. The van der Waals surface area contributed by atoms with Crippen LogP contribution in [0.5, 0.6) is 5.75 Å². The highest BCUT2D eigenvalue weighted by molar-refractivity contribution is 6.74. The Morgan fingerprint density at radius 3 is 2.47 bits per heavy atom. The largest absolute Gasteiger partial charge is 0.508 e. The topological polar surface area (TPSA) is 90.8 Å². The molecule has 210 valence electrons. The maximum absolute atomic E-state index is 12.4. The van der Waals surface area contributed by atoms with Crippen molar-refractivity contribution in [2.45, 2.75) is 96.7 Å². The molecule has 3 rings (SSSR count). The molecule has 2 aromatic carbocycles. The maximum atomic E-state index is 12.4. The van der Waals surface area contributed by atoms with Crippen molar-refractivity contribution in [1.29, 1.82) is 0 Å². The summed E-state index contributed by atoms with van der Waals surface area (Å²) in [5.41, 5.74) is 3.70. The van der Waals surface area contributed by atoms with Crippen molar-refractivity contribution < 1.29 is 19.4 Å². The molecule has 0 aliphatic heterocycles. The van der Waals surface area contributed by atoms with Gasteiger partial charge < -0.3 is 25.3 Å². The summed E-state index contributed by atoms with van der Waals surface area (Å²) in [4.78, 5) is 12.4. The molecule has 0 saturated heterocycles. The van der Waals surface area contributed by atoms with Gasteiger partial charge in [0.2, 0.25) is 5.91 Å². The Morgan fingerprint density at radius 2 is 1.84 bits per heavy atom. The zero-order chi connectivity index (χ0) is 27.9. The maximum Gasteiger partial charge on any atom is 0.224 e. The molecule has 0 heterocycles. The van der Waals surface area contributed by atoms with Crippen molar-refractivity contribution >= 4 is 14.2 Å². The molecule has 6 nitrogen and oxygen atoms in total. The van der Waals surface area contributed by atoms with E-state index in [9.17, 15) is 15.0 Å². The molecule has 1 aliphatic carbocycles. The summed E-state index contributed by atoms with van der Waals surface area (Å²) in [5.74, 6) is 0.862. The van der Waals surface area contributed by atoms with Crippen molar-refractivity contribution in [2.75, 3.05) is 13.1 Å². The van der Waals surface area contributed by atoms with Gasteiger partial charge in [0.15, 0.2) is 8.32 Å². The molecule has 0 unspecified atom stereocenters. The smallest absolute Gasteiger partial charge is 0.224 e. The molecule has 38 heavy (non-hydrogen) atoms. The van der Waals surface area contributed by atoms with Gasteiger partial charge in [0.25, 0.3) is 0 Å². The van der Waals surface area contributed by atoms with E-state index in [-0.39, 0.29) is 35.4 Å². The first-order chi connectivity index (χ1) is 17.9. The fourth-order valence-electron chi connectivity index (χ4n) is 4.50. The third kappa shape index (κ3) is 8.66. The quantitative estimate of drug-likeness (QED) is 0.247. The van der Waals surface area contributed by atoms with Gasteiger partial charge in [-0.15, -0.1) is 0 Å². The number of phenols is 1. The summed E-state index contributed by atoms with van der Waals surface area (Å²) in [6.45, 7) is 14.5. The van der Waals surface area contributed by atoms with Crippen molar-refractivity contribution in [3.63, 3.8) is 0 Å². The van der Waals surface area contributed by atoms with Gasteiger partial charge in [-0.1, -0.05) is 57.5 Å². The highest BCUT2D eigenvalue weighted by Gasteiger charge is 2.39. The van der Waals surface area contributed by atoms with Crippen LogP contribution in [0.1, 0.15) is 75.3 Å². The predicted molar refractivity (Wildman–Crippen MR) is 157 cm³/mol. The molecular formula is C31H48N2O4Si. The highest BCUT2D eigenvalue weighted by Crippen LogP contribution is 2.40. The summed E-state index contributed by atoms with van der Waals surface area (Å²) < 4.78 is 6.81. The lowest BCUT2D eigenvalue weighted by molar-refractivity contribution is -0.120. The SMILES string of the molecule is C[C@H](Cc1cccc(CC(=O)NCC2CCC2)c1)NC[C@H](O[Si](C)(C)C(C)(C)C)c1ccc(O)c(CO)c1. The number of carbonyl (C=O) groups is 1. The Bertz CT molecular complexity index is 1060. The van der Waals surface area contributed by atoms with Gasteiger partial charge in [0, 0.05) is 24.7 Å². The average molecular weight is 541 g/mol. The van der Waals surface area contributed by atoms with Crippen LogP contribution >= 0.6 is 0 Å².